The fourth-order valence-corrected chi connectivity index (χ4v) is 2.10. The van der Waals surface area contributed by atoms with Gasteiger partial charge in [0.1, 0.15) is 5.41 Å². The molecule has 1 fully saturated rings. The normalized spacial score (nSPS) is 14.8. The molecule has 0 bridgehead atoms. The quantitative estimate of drug-likeness (QED) is 0.834. The van der Waals surface area contributed by atoms with Gasteiger partial charge in [0.05, 0.1) is 0 Å². The molecule has 0 unspecified atom stereocenters. The Balaban J connectivity index is 1.99. The third-order valence-corrected chi connectivity index (χ3v) is 3.62. The van der Waals surface area contributed by atoms with Crippen molar-refractivity contribution in [3.63, 3.8) is 0 Å². The Kier molecular flexibility index (Phi) is 4.12. The van der Waals surface area contributed by atoms with Gasteiger partial charge in [0.15, 0.2) is 0 Å². The van der Waals surface area contributed by atoms with Crippen LogP contribution < -0.4 is 5.32 Å². The van der Waals surface area contributed by atoms with E-state index >= 15 is 0 Å². The van der Waals surface area contributed by atoms with E-state index in [1.807, 2.05) is 30.3 Å². The second-order valence-corrected chi connectivity index (χ2v) is 6.02. The van der Waals surface area contributed by atoms with Crippen molar-refractivity contribution >= 4 is 11.8 Å². The number of hydrogen-bond acceptors (Lipinski definition) is 2. The average molecular weight is 274 g/mol. The molecule has 4 nitrogen and oxygen atoms in total. The van der Waals surface area contributed by atoms with E-state index in [-0.39, 0.29) is 17.9 Å². The van der Waals surface area contributed by atoms with Gasteiger partial charge in [0.25, 0.3) is 0 Å². The first-order chi connectivity index (χ1) is 9.41. The van der Waals surface area contributed by atoms with Crippen molar-refractivity contribution in [2.45, 2.75) is 39.3 Å². The van der Waals surface area contributed by atoms with Crippen LogP contribution in [-0.2, 0) is 16.1 Å². The van der Waals surface area contributed by atoms with E-state index in [0.717, 1.165) is 18.4 Å². The van der Waals surface area contributed by atoms with E-state index in [0.29, 0.717) is 6.54 Å². The lowest BCUT2D eigenvalue weighted by molar-refractivity contribution is -0.148. The van der Waals surface area contributed by atoms with Gasteiger partial charge in [0.2, 0.25) is 11.8 Å². The number of carbonyl (C=O) groups is 2. The molecular weight excluding hydrogens is 252 g/mol. The molecule has 4 heteroatoms. The summed E-state index contributed by atoms with van der Waals surface area (Å²) in [6, 6.07) is 10.0. The second kappa shape index (κ2) is 5.65. The summed E-state index contributed by atoms with van der Waals surface area (Å²) < 4.78 is 0. The highest BCUT2D eigenvalue weighted by atomic mass is 16.2. The number of nitrogens with one attached hydrogen (secondary N) is 1. The zero-order chi connectivity index (χ0) is 14.8. The monoisotopic (exact) mass is 274 g/mol. The van der Waals surface area contributed by atoms with Crippen molar-refractivity contribution in [3.05, 3.63) is 35.9 Å². The molecule has 0 atom stereocenters. The lowest BCUT2D eigenvalue weighted by Gasteiger charge is -2.28. The van der Waals surface area contributed by atoms with Crippen molar-refractivity contribution in [2.24, 2.45) is 5.41 Å². The Labute approximate surface area is 120 Å². The lowest BCUT2D eigenvalue weighted by atomic mass is 9.90. The lowest BCUT2D eigenvalue weighted by Crippen LogP contribution is -2.48. The van der Waals surface area contributed by atoms with E-state index in [2.05, 4.69) is 5.32 Å². The highest BCUT2D eigenvalue weighted by Gasteiger charge is 2.40. The average Bonchev–Trinajstić information content (AvgIpc) is 3.22. The highest BCUT2D eigenvalue weighted by molar-refractivity contribution is 6.04. The van der Waals surface area contributed by atoms with Gasteiger partial charge in [-0.25, -0.2) is 0 Å². The van der Waals surface area contributed by atoms with Crippen LogP contribution in [0.4, 0.5) is 0 Å². The third-order valence-electron chi connectivity index (χ3n) is 3.62. The molecule has 1 aliphatic carbocycles. The molecule has 1 aromatic rings. The molecule has 2 rings (SSSR count). The Morgan fingerprint density at radius 3 is 2.40 bits per heavy atom. The molecule has 0 aromatic heterocycles. The topological polar surface area (TPSA) is 49.4 Å². The fourth-order valence-electron chi connectivity index (χ4n) is 2.10. The van der Waals surface area contributed by atoms with Crippen LogP contribution in [0.1, 0.15) is 32.3 Å². The summed E-state index contributed by atoms with van der Waals surface area (Å²) in [5.41, 5.74) is 0.0355. The Hall–Kier alpha value is -1.84. The summed E-state index contributed by atoms with van der Waals surface area (Å²) in [6.45, 7) is 3.89. The van der Waals surface area contributed by atoms with E-state index < -0.39 is 5.41 Å². The summed E-state index contributed by atoms with van der Waals surface area (Å²) >= 11 is 0. The van der Waals surface area contributed by atoms with Gasteiger partial charge in [-0.1, -0.05) is 30.3 Å². The van der Waals surface area contributed by atoms with Crippen molar-refractivity contribution in [1.82, 2.24) is 10.2 Å². The summed E-state index contributed by atoms with van der Waals surface area (Å²) in [5, 5.41) is 2.91. The molecular formula is C16H22N2O2. The van der Waals surface area contributed by atoms with Crippen LogP contribution >= 0.6 is 0 Å². The molecule has 0 spiro atoms. The van der Waals surface area contributed by atoms with E-state index in [1.54, 1.807) is 25.8 Å². The standard InChI is InChI=1S/C16H22N2O2/c1-16(2,14(19)17-13-9-10-13)15(20)18(3)11-12-7-5-4-6-8-12/h4-8,13H,9-11H2,1-3H3,(H,17,19). The Morgan fingerprint density at radius 2 is 1.85 bits per heavy atom. The number of hydrogen-bond donors (Lipinski definition) is 1. The number of carbonyl (C=O) groups excluding carboxylic acids is 2. The van der Waals surface area contributed by atoms with Gasteiger partial charge in [-0.05, 0) is 32.3 Å². The first-order valence-electron chi connectivity index (χ1n) is 7.01. The van der Waals surface area contributed by atoms with Gasteiger partial charge in [-0.2, -0.15) is 0 Å². The van der Waals surface area contributed by atoms with Crippen molar-refractivity contribution < 1.29 is 9.59 Å². The molecule has 1 aliphatic rings. The number of benzene rings is 1. The van der Waals surface area contributed by atoms with Crippen LogP contribution in [-0.4, -0.2) is 29.8 Å². The molecule has 0 aliphatic heterocycles. The minimum absolute atomic E-state index is 0.153. The molecule has 1 saturated carbocycles. The van der Waals surface area contributed by atoms with Crippen molar-refractivity contribution in [2.75, 3.05) is 7.05 Å². The molecule has 0 heterocycles. The summed E-state index contributed by atoms with van der Waals surface area (Å²) in [5.74, 6) is -0.329. The van der Waals surface area contributed by atoms with Crippen LogP contribution in [0.5, 0.6) is 0 Å². The van der Waals surface area contributed by atoms with E-state index in [1.165, 1.54) is 0 Å². The van der Waals surface area contributed by atoms with E-state index in [9.17, 15) is 9.59 Å². The van der Waals surface area contributed by atoms with Crippen LogP contribution in [0.25, 0.3) is 0 Å². The summed E-state index contributed by atoms with van der Waals surface area (Å²) in [4.78, 5) is 26.2. The fraction of sp³-hybridized carbons (Fsp3) is 0.500. The smallest absolute Gasteiger partial charge is 0.237 e. The van der Waals surface area contributed by atoms with Gasteiger partial charge >= 0.3 is 0 Å². The SMILES string of the molecule is CN(Cc1ccccc1)C(=O)C(C)(C)C(=O)NC1CC1. The highest BCUT2D eigenvalue weighted by Crippen LogP contribution is 2.24. The maximum Gasteiger partial charge on any atom is 0.237 e. The predicted molar refractivity (Wildman–Crippen MR) is 77.9 cm³/mol. The minimum atomic E-state index is -1.02. The molecule has 2 amide bonds. The number of rotatable bonds is 5. The molecule has 1 aromatic carbocycles. The van der Waals surface area contributed by atoms with Crippen molar-refractivity contribution in [1.29, 1.82) is 0 Å². The summed E-state index contributed by atoms with van der Waals surface area (Å²) in [7, 11) is 1.74. The molecule has 1 N–H and O–H groups in total. The largest absolute Gasteiger partial charge is 0.352 e. The third kappa shape index (κ3) is 3.38. The predicted octanol–water partition coefficient (Wildman–Crippen LogP) is 1.95. The maximum atomic E-state index is 12.5. The molecule has 20 heavy (non-hydrogen) atoms. The first-order valence-corrected chi connectivity index (χ1v) is 7.01. The molecule has 0 radical (unpaired) electrons. The minimum Gasteiger partial charge on any atom is -0.352 e. The number of nitrogens with zero attached hydrogens (tertiary/aromatic N) is 1. The zero-order valence-corrected chi connectivity index (χ0v) is 12.3. The van der Waals surface area contributed by atoms with Gasteiger partial charge in [-0.3, -0.25) is 9.59 Å². The van der Waals surface area contributed by atoms with Crippen molar-refractivity contribution in [3.8, 4) is 0 Å². The second-order valence-electron chi connectivity index (χ2n) is 6.02. The van der Waals surface area contributed by atoms with Crippen LogP contribution in [0.2, 0.25) is 0 Å². The first kappa shape index (κ1) is 14.6. The van der Waals surface area contributed by atoms with Crippen LogP contribution in [0, 0.1) is 5.41 Å². The Morgan fingerprint density at radius 1 is 1.25 bits per heavy atom. The van der Waals surface area contributed by atoms with Crippen LogP contribution in [0.15, 0.2) is 30.3 Å². The molecule has 0 saturated heterocycles. The van der Waals surface area contributed by atoms with E-state index in [4.69, 9.17) is 0 Å². The Bertz CT molecular complexity index is 492. The van der Waals surface area contributed by atoms with Gasteiger partial charge in [0, 0.05) is 19.6 Å². The maximum absolute atomic E-state index is 12.5. The van der Waals surface area contributed by atoms with Gasteiger partial charge in [-0.15, -0.1) is 0 Å². The van der Waals surface area contributed by atoms with Gasteiger partial charge < -0.3 is 10.2 Å². The number of amides is 2. The zero-order valence-electron chi connectivity index (χ0n) is 12.3. The summed E-state index contributed by atoms with van der Waals surface area (Å²) in [6.07, 6.45) is 2.05. The molecule has 108 valence electrons. The van der Waals surface area contributed by atoms with Crippen LogP contribution in [0.3, 0.4) is 0 Å².